The van der Waals surface area contributed by atoms with E-state index >= 15 is 0 Å². The van der Waals surface area contributed by atoms with Gasteiger partial charge in [-0.1, -0.05) is 132 Å². The zero-order valence-corrected chi connectivity index (χ0v) is 30.4. The lowest BCUT2D eigenvalue weighted by atomic mass is 10.1. The molecule has 0 bridgehead atoms. The Morgan fingerprint density at radius 2 is 0.538 bits per heavy atom. The molecule has 0 radical (unpaired) electrons. The van der Waals surface area contributed by atoms with Crippen LogP contribution in [0, 0.1) is 27.7 Å². The molecule has 52 heavy (non-hydrogen) atoms. The molecule has 254 valence electrons. The molecule has 0 aromatic heterocycles. The molecule has 0 saturated carbocycles. The standard InChI is InChI=1S/C50H44N2/c1-37-11-27-45(28-12-37)51(49-9-5-7-39(3)35-49)47-31-23-43(24-32-47)21-19-41-15-17-42(18-16-41)20-22-44-25-33-48(34-26-44)52(46-29-13-38(2)14-30-46)50-10-6-8-40(4)36-50/h5-36H,1-4H3. The van der Waals surface area contributed by atoms with Gasteiger partial charge >= 0.3 is 0 Å². The second-order valence-corrected chi connectivity index (χ2v) is 13.5. The van der Waals surface area contributed by atoms with Crippen molar-refractivity contribution < 1.29 is 0 Å². The van der Waals surface area contributed by atoms with Gasteiger partial charge in [0.05, 0.1) is 0 Å². The van der Waals surface area contributed by atoms with Gasteiger partial charge in [0.1, 0.15) is 0 Å². The highest BCUT2D eigenvalue weighted by molar-refractivity contribution is 5.80. The van der Waals surface area contributed by atoms with Gasteiger partial charge in [-0.25, -0.2) is 0 Å². The Labute approximate surface area is 309 Å². The molecule has 0 aliphatic rings. The first kappa shape index (κ1) is 34.1. The summed E-state index contributed by atoms with van der Waals surface area (Å²) >= 11 is 0. The Bertz CT molecular complexity index is 2130. The maximum absolute atomic E-state index is 2.31. The van der Waals surface area contributed by atoms with Crippen molar-refractivity contribution >= 4 is 58.4 Å². The average molecular weight is 673 g/mol. The number of aryl methyl sites for hydroxylation is 4. The van der Waals surface area contributed by atoms with Crippen LogP contribution in [0.2, 0.25) is 0 Å². The monoisotopic (exact) mass is 672 g/mol. The fourth-order valence-electron chi connectivity index (χ4n) is 6.39. The van der Waals surface area contributed by atoms with Crippen molar-refractivity contribution in [3.05, 3.63) is 214 Å². The van der Waals surface area contributed by atoms with Crippen molar-refractivity contribution in [1.82, 2.24) is 0 Å². The number of benzene rings is 7. The molecule has 0 heterocycles. The molecule has 0 aliphatic carbocycles. The van der Waals surface area contributed by atoms with E-state index < -0.39 is 0 Å². The van der Waals surface area contributed by atoms with Crippen LogP contribution in [0.15, 0.2) is 170 Å². The fourth-order valence-corrected chi connectivity index (χ4v) is 6.39. The molecule has 0 saturated heterocycles. The molecule has 0 spiro atoms. The lowest BCUT2D eigenvalue weighted by Crippen LogP contribution is -2.10. The Balaban J connectivity index is 1.02. The van der Waals surface area contributed by atoms with Gasteiger partial charge in [0.2, 0.25) is 0 Å². The molecule has 7 aromatic rings. The number of hydrogen-bond donors (Lipinski definition) is 0. The molecular formula is C50H44N2. The molecule has 0 aliphatic heterocycles. The zero-order chi connectivity index (χ0) is 35.9. The van der Waals surface area contributed by atoms with E-state index in [2.05, 4.69) is 232 Å². The van der Waals surface area contributed by atoms with E-state index in [4.69, 9.17) is 0 Å². The van der Waals surface area contributed by atoms with Crippen molar-refractivity contribution in [2.24, 2.45) is 0 Å². The third kappa shape index (κ3) is 8.31. The van der Waals surface area contributed by atoms with Crippen molar-refractivity contribution in [3.63, 3.8) is 0 Å². The molecule has 0 unspecified atom stereocenters. The Hall–Kier alpha value is -6.38. The van der Waals surface area contributed by atoms with Gasteiger partial charge in [0, 0.05) is 34.1 Å². The summed E-state index contributed by atoms with van der Waals surface area (Å²) in [5.74, 6) is 0. The highest BCUT2D eigenvalue weighted by Gasteiger charge is 2.14. The van der Waals surface area contributed by atoms with E-state index in [9.17, 15) is 0 Å². The first-order valence-corrected chi connectivity index (χ1v) is 17.9. The summed E-state index contributed by atoms with van der Waals surface area (Å²) in [6.45, 7) is 8.53. The minimum atomic E-state index is 1.13. The quantitative estimate of drug-likeness (QED) is 0.133. The summed E-state index contributed by atoms with van der Waals surface area (Å²) in [6.07, 6.45) is 8.70. The summed E-state index contributed by atoms with van der Waals surface area (Å²) in [7, 11) is 0. The second-order valence-electron chi connectivity index (χ2n) is 13.5. The van der Waals surface area contributed by atoms with Gasteiger partial charge in [0.15, 0.2) is 0 Å². The smallest absolute Gasteiger partial charge is 0.0464 e. The fraction of sp³-hybridized carbons (Fsp3) is 0.0800. The lowest BCUT2D eigenvalue weighted by Gasteiger charge is -2.26. The van der Waals surface area contributed by atoms with E-state index in [0.29, 0.717) is 0 Å². The highest BCUT2D eigenvalue weighted by Crippen LogP contribution is 2.36. The van der Waals surface area contributed by atoms with E-state index in [1.54, 1.807) is 0 Å². The number of nitrogens with zero attached hydrogens (tertiary/aromatic N) is 2. The molecule has 0 N–H and O–H groups in total. The van der Waals surface area contributed by atoms with Crippen LogP contribution in [0.5, 0.6) is 0 Å². The topological polar surface area (TPSA) is 6.48 Å². The molecule has 0 amide bonds. The van der Waals surface area contributed by atoms with Crippen LogP contribution in [0.25, 0.3) is 24.3 Å². The minimum absolute atomic E-state index is 1.13. The van der Waals surface area contributed by atoms with Crippen LogP contribution in [0.4, 0.5) is 34.1 Å². The Morgan fingerprint density at radius 3 is 0.827 bits per heavy atom. The molecule has 2 heteroatoms. The van der Waals surface area contributed by atoms with E-state index in [1.807, 2.05) is 0 Å². The molecular weight excluding hydrogens is 629 g/mol. The number of rotatable bonds is 10. The summed E-state index contributed by atoms with van der Waals surface area (Å²) < 4.78 is 0. The predicted molar refractivity (Wildman–Crippen MR) is 225 cm³/mol. The van der Waals surface area contributed by atoms with Gasteiger partial charge in [-0.2, -0.15) is 0 Å². The first-order valence-electron chi connectivity index (χ1n) is 17.9. The van der Waals surface area contributed by atoms with Crippen LogP contribution in [-0.2, 0) is 0 Å². The van der Waals surface area contributed by atoms with Crippen LogP contribution in [0.1, 0.15) is 44.5 Å². The highest BCUT2D eigenvalue weighted by atomic mass is 15.1. The van der Waals surface area contributed by atoms with Gasteiger partial charge < -0.3 is 9.80 Å². The van der Waals surface area contributed by atoms with Crippen LogP contribution in [-0.4, -0.2) is 0 Å². The average Bonchev–Trinajstić information content (AvgIpc) is 3.16. The van der Waals surface area contributed by atoms with Crippen molar-refractivity contribution in [1.29, 1.82) is 0 Å². The van der Waals surface area contributed by atoms with Gasteiger partial charge in [0.25, 0.3) is 0 Å². The van der Waals surface area contributed by atoms with Gasteiger partial charge in [-0.15, -0.1) is 0 Å². The zero-order valence-electron chi connectivity index (χ0n) is 30.4. The number of hydrogen-bond acceptors (Lipinski definition) is 2. The van der Waals surface area contributed by atoms with Crippen LogP contribution in [0.3, 0.4) is 0 Å². The Kier molecular flexibility index (Phi) is 10.3. The van der Waals surface area contributed by atoms with Crippen molar-refractivity contribution in [2.45, 2.75) is 27.7 Å². The van der Waals surface area contributed by atoms with Crippen LogP contribution < -0.4 is 9.80 Å². The minimum Gasteiger partial charge on any atom is -0.310 e. The van der Waals surface area contributed by atoms with E-state index in [0.717, 1.165) is 45.3 Å². The molecule has 0 fully saturated rings. The maximum Gasteiger partial charge on any atom is 0.0464 e. The van der Waals surface area contributed by atoms with Gasteiger partial charge in [-0.05, 0) is 134 Å². The van der Waals surface area contributed by atoms with Crippen molar-refractivity contribution in [2.75, 3.05) is 9.80 Å². The Morgan fingerprint density at radius 1 is 0.269 bits per heavy atom. The SMILES string of the molecule is Cc1ccc(N(c2ccc(C=Cc3ccc(C=Cc4ccc(N(c5ccc(C)cc5)c5cccc(C)c5)cc4)cc3)cc2)c2cccc(C)c2)cc1. The molecule has 7 rings (SSSR count). The molecule has 2 nitrogen and oxygen atoms in total. The third-order valence-electron chi connectivity index (χ3n) is 9.28. The van der Waals surface area contributed by atoms with Crippen LogP contribution >= 0.6 is 0 Å². The second kappa shape index (κ2) is 15.7. The van der Waals surface area contributed by atoms with E-state index in [-0.39, 0.29) is 0 Å². The van der Waals surface area contributed by atoms with Gasteiger partial charge in [-0.3, -0.25) is 0 Å². The normalized spacial score (nSPS) is 11.3. The molecule has 7 aromatic carbocycles. The molecule has 0 atom stereocenters. The third-order valence-corrected chi connectivity index (χ3v) is 9.28. The summed E-state index contributed by atoms with van der Waals surface area (Å²) in [5, 5.41) is 0. The summed E-state index contributed by atoms with van der Waals surface area (Å²) in [6, 6.07) is 61.0. The maximum atomic E-state index is 2.31. The largest absolute Gasteiger partial charge is 0.310 e. The van der Waals surface area contributed by atoms with Crippen molar-refractivity contribution in [3.8, 4) is 0 Å². The van der Waals surface area contributed by atoms with E-state index in [1.165, 1.54) is 33.4 Å². The summed E-state index contributed by atoms with van der Waals surface area (Å²) in [5.41, 5.74) is 16.5. The predicted octanol–water partition coefficient (Wildman–Crippen LogP) is 14.2. The lowest BCUT2D eigenvalue weighted by molar-refractivity contribution is 1.26. The first-order chi connectivity index (χ1) is 25.4. The summed E-state index contributed by atoms with van der Waals surface area (Å²) in [4.78, 5) is 4.62. The number of anilines is 6.